The van der Waals surface area contributed by atoms with Crippen molar-refractivity contribution >= 4 is 11.8 Å². The van der Waals surface area contributed by atoms with Gasteiger partial charge in [-0.2, -0.15) is 0 Å². The molecule has 0 aliphatic rings. The molecule has 0 radical (unpaired) electrons. The van der Waals surface area contributed by atoms with E-state index in [1.165, 1.54) is 18.1 Å². The number of carboxylic acid groups (broad SMARTS) is 1. The summed E-state index contributed by atoms with van der Waals surface area (Å²) in [5.74, 6) is -2.23. The second-order valence-electron chi connectivity index (χ2n) is 6.20. The van der Waals surface area contributed by atoms with E-state index in [-0.39, 0.29) is 5.78 Å². The van der Waals surface area contributed by atoms with Gasteiger partial charge in [0.15, 0.2) is 0 Å². The van der Waals surface area contributed by atoms with E-state index >= 15 is 0 Å². The quantitative estimate of drug-likeness (QED) is 0.452. The van der Waals surface area contributed by atoms with E-state index in [4.69, 9.17) is 5.11 Å². The van der Waals surface area contributed by atoms with Gasteiger partial charge in [0.25, 0.3) is 0 Å². The predicted molar refractivity (Wildman–Crippen MR) is 91.8 cm³/mol. The SMILES string of the molecule is CC(=O)C(C/C=C(\C)CC/C=C(\C)CCC=C(C)C)C(=O)O. The molecule has 0 saturated heterocycles. The van der Waals surface area contributed by atoms with E-state index in [0.717, 1.165) is 31.3 Å². The van der Waals surface area contributed by atoms with Crippen LogP contribution < -0.4 is 0 Å². The molecule has 0 aromatic carbocycles. The Hall–Kier alpha value is -1.64. The molecule has 0 aliphatic heterocycles. The molecule has 1 unspecified atom stereocenters. The van der Waals surface area contributed by atoms with Crippen molar-refractivity contribution in [2.45, 2.75) is 66.7 Å². The van der Waals surface area contributed by atoms with Gasteiger partial charge in [-0.25, -0.2) is 0 Å². The number of Topliss-reactive ketones (excluding diaryl/α,β-unsaturated/α-hetero) is 1. The third kappa shape index (κ3) is 10.1. The Morgan fingerprint density at radius 2 is 1.36 bits per heavy atom. The average molecular weight is 306 g/mol. The molecule has 1 atom stereocenters. The maximum absolute atomic E-state index is 11.2. The minimum atomic E-state index is -1.04. The first-order valence-corrected chi connectivity index (χ1v) is 7.92. The molecule has 0 bridgehead atoms. The highest BCUT2D eigenvalue weighted by atomic mass is 16.4. The molecule has 0 fully saturated rings. The molecular weight excluding hydrogens is 276 g/mol. The average Bonchev–Trinajstić information content (AvgIpc) is 2.37. The zero-order chi connectivity index (χ0) is 17.1. The van der Waals surface area contributed by atoms with Gasteiger partial charge < -0.3 is 5.11 Å². The van der Waals surface area contributed by atoms with Crippen LogP contribution in [0.2, 0.25) is 0 Å². The summed E-state index contributed by atoms with van der Waals surface area (Å²) in [6.45, 7) is 9.69. The molecular formula is C19H30O3. The molecule has 0 spiro atoms. The Kier molecular flexibility index (Phi) is 10.2. The molecule has 0 rings (SSSR count). The van der Waals surface area contributed by atoms with Crippen LogP contribution in [0, 0.1) is 5.92 Å². The fraction of sp³-hybridized carbons (Fsp3) is 0.579. The summed E-state index contributed by atoms with van der Waals surface area (Å²) >= 11 is 0. The second-order valence-corrected chi connectivity index (χ2v) is 6.20. The van der Waals surface area contributed by atoms with E-state index in [9.17, 15) is 9.59 Å². The number of carboxylic acids is 1. The summed E-state index contributed by atoms with van der Waals surface area (Å²) in [6, 6.07) is 0. The lowest BCUT2D eigenvalue weighted by molar-refractivity contribution is -0.145. The molecule has 1 N–H and O–H groups in total. The van der Waals surface area contributed by atoms with Crippen LogP contribution in [0.4, 0.5) is 0 Å². The molecule has 0 heterocycles. The molecule has 124 valence electrons. The first-order valence-electron chi connectivity index (χ1n) is 7.92. The fourth-order valence-corrected chi connectivity index (χ4v) is 2.10. The standard InChI is InChI=1S/C19H30O3/c1-14(2)8-6-9-15(3)10-7-11-16(4)12-13-18(17(5)20)19(21)22/h8,10,12,18H,6-7,9,11,13H2,1-5H3,(H,21,22)/b15-10+,16-12+. The largest absolute Gasteiger partial charge is 0.481 e. The lowest BCUT2D eigenvalue weighted by atomic mass is 9.98. The molecule has 22 heavy (non-hydrogen) atoms. The number of aliphatic carboxylic acids is 1. The molecule has 0 amide bonds. The van der Waals surface area contributed by atoms with Crippen molar-refractivity contribution in [2.75, 3.05) is 0 Å². The van der Waals surface area contributed by atoms with Gasteiger partial charge in [-0.05, 0) is 66.7 Å². The fourth-order valence-electron chi connectivity index (χ4n) is 2.10. The number of hydrogen-bond donors (Lipinski definition) is 1. The Bertz CT molecular complexity index is 449. The number of ketones is 1. The van der Waals surface area contributed by atoms with Crippen molar-refractivity contribution in [3.63, 3.8) is 0 Å². The van der Waals surface area contributed by atoms with E-state index < -0.39 is 11.9 Å². The molecule has 0 aliphatic carbocycles. The highest BCUT2D eigenvalue weighted by molar-refractivity contribution is 5.96. The summed E-state index contributed by atoms with van der Waals surface area (Å²) in [7, 11) is 0. The van der Waals surface area contributed by atoms with Gasteiger partial charge in [0.1, 0.15) is 11.7 Å². The highest BCUT2D eigenvalue weighted by Gasteiger charge is 2.20. The topological polar surface area (TPSA) is 54.4 Å². The van der Waals surface area contributed by atoms with Crippen molar-refractivity contribution in [3.8, 4) is 0 Å². The van der Waals surface area contributed by atoms with E-state index in [1.807, 2.05) is 13.0 Å². The summed E-state index contributed by atoms with van der Waals surface area (Å²) in [5, 5.41) is 8.96. The maximum atomic E-state index is 11.2. The van der Waals surface area contributed by atoms with Crippen LogP contribution in [0.3, 0.4) is 0 Å². The maximum Gasteiger partial charge on any atom is 0.314 e. The van der Waals surface area contributed by atoms with Gasteiger partial charge in [-0.15, -0.1) is 0 Å². The van der Waals surface area contributed by atoms with Gasteiger partial charge >= 0.3 is 5.97 Å². The van der Waals surface area contributed by atoms with Crippen LogP contribution in [-0.2, 0) is 9.59 Å². The first kappa shape index (κ1) is 20.4. The van der Waals surface area contributed by atoms with Crippen LogP contribution in [0.5, 0.6) is 0 Å². The number of rotatable bonds is 10. The number of hydrogen-bond acceptors (Lipinski definition) is 2. The summed E-state index contributed by atoms with van der Waals surface area (Å²) in [6.07, 6.45) is 10.7. The van der Waals surface area contributed by atoms with Gasteiger partial charge in [-0.1, -0.05) is 34.9 Å². The van der Waals surface area contributed by atoms with Crippen LogP contribution in [-0.4, -0.2) is 16.9 Å². The Morgan fingerprint density at radius 1 is 0.864 bits per heavy atom. The zero-order valence-electron chi connectivity index (χ0n) is 14.6. The monoisotopic (exact) mass is 306 g/mol. The minimum Gasteiger partial charge on any atom is -0.481 e. The third-order valence-corrected chi connectivity index (χ3v) is 3.61. The summed E-state index contributed by atoms with van der Waals surface area (Å²) in [5.41, 5.74) is 3.88. The molecule has 0 saturated carbocycles. The second kappa shape index (κ2) is 11.0. The Labute approximate surface area is 134 Å². The highest BCUT2D eigenvalue weighted by Crippen LogP contribution is 2.14. The van der Waals surface area contributed by atoms with Crippen LogP contribution in [0.15, 0.2) is 34.9 Å². The zero-order valence-corrected chi connectivity index (χ0v) is 14.6. The van der Waals surface area contributed by atoms with Gasteiger partial charge in [0.05, 0.1) is 0 Å². The first-order chi connectivity index (χ1) is 10.2. The van der Waals surface area contributed by atoms with Crippen LogP contribution in [0.25, 0.3) is 0 Å². The van der Waals surface area contributed by atoms with Crippen molar-refractivity contribution in [2.24, 2.45) is 5.92 Å². The van der Waals surface area contributed by atoms with Gasteiger partial charge in [0, 0.05) is 0 Å². The smallest absolute Gasteiger partial charge is 0.314 e. The summed E-state index contributed by atoms with van der Waals surface area (Å²) < 4.78 is 0. The molecule has 0 aromatic heterocycles. The van der Waals surface area contributed by atoms with Gasteiger partial charge in [-0.3, -0.25) is 9.59 Å². The summed E-state index contributed by atoms with van der Waals surface area (Å²) in [4.78, 5) is 22.2. The number of carbonyl (C=O) groups is 2. The molecule has 3 nitrogen and oxygen atoms in total. The normalized spacial score (nSPS) is 13.7. The third-order valence-electron chi connectivity index (χ3n) is 3.61. The van der Waals surface area contributed by atoms with Crippen molar-refractivity contribution in [1.82, 2.24) is 0 Å². The van der Waals surface area contributed by atoms with Crippen LogP contribution >= 0.6 is 0 Å². The van der Waals surface area contributed by atoms with Crippen molar-refractivity contribution in [1.29, 1.82) is 0 Å². The van der Waals surface area contributed by atoms with E-state index in [2.05, 4.69) is 32.9 Å². The Morgan fingerprint density at radius 3 is 1.82 bits per heavy atom. The van der Waals surface area contributed by atoms with Crippen molar-refractivity contribution in [3.05, 3.63) is 34.9 Å². The molecule has 0 aromatic rings. The van der Waals surface area contributed by atoms with Gasteiger partial charge in [0.2, 0.25) is 0 Å². The Balaban J connectivity index is 4.23. The van der Waals surface area contributed by atoms with E-state index in [1.54, 1.807) is 0 Å². The van der Waals surface area contributed by atoms with Crippen LogP contribution in [0.1, 0.15) is 66.7 Å². The minimum absolute atomic E-state index is 0.286. The number of allylic oxidation sites excluding steroid dienone is 6. The van der Waals surface area contributed by atoms with Crippen molar-refractivity contribution < 1.29 is 14.7 Å². The number of carbonyl (C=O) groups excluding carboxylic acids is 1. The lowest BCUT2D eigenvalue weighted by Crippen LogP contribution is -2.20. The molecule has 3 heteroatoms. The predicted octanol–water partition coefficient (Wildman–Crippen LogP) is 5.09. The van der Waals surface area contributed by atoms with E-state index in [0.29, 0.717) is 6.42 Å². The lowest BCUT2D eigenvalue weighted by Gasteiger charge is -2.06.